The summed E-state index contributed by atoms with van der Waals surface area (Å²) in [5, 5.41) is 2.69. The second kappa shape index (κ2) is 5.34. The molecule has 0 saturated carbocycles. The third-order valence-electron chi connectivity index (χ3n) is 3.36. The van der Waals surface area contributed by atoms with Crippen molar-refractivity contribution in [2.45, 2.75) is 11.3 Å². The van der Waals surface area contributed by atoms with Crippen LogP contribution in [0.15, 0.2) is 47.4 Å². The van der Waals surface area contributed by atoms with Gasteiger partial charge in [0.2, 0.25) is 5.91 Å². The summed E-state index contributed by atoms with van der Waals surface area (Å²) < 4.78 is 32.2. The van der Waals surface area contributed by atoms with Gasteiger partial charge in [-0.15, -0.1) is 0 Å². The molecule has 3 rings (SSSR count). The number of rotatable bonds is 4. The van der Waals surface area contributed by atoms with Crippen molar-refractivity contribution in [3.8, 4) is 5.75 Å². The predicted octanol–water partition coefficient (Wildman–Crippen LogP) is 1.99. The van der Waals surface area contributed by atoms with Crippen LogP contribution in [0.2, 0.25) is 0 Å². The Morgan fingerprint density at radius 2 is 1.86 bits per heavy atom. The number of fused-ring (bicyclic) bond motifs is 1. The Labute approximate surface area is 128 Å². The number of nitrogens with one attached hydrogen (secondary N) is 2. The fourth-order valence-electron chi connectivity index (χ4n) is 2.25. The van der Waals surface area contributed by atoms with Gasteiger partial charge in [-0.1, -0.05) is 6.07 Å². The lowest BCUT2D eigenvalue weighted by atomic mass is 10.1. The number of amides is 1. The molecule has 0 saturated heterocycles. The van der Waals surface area contributed by atoms with Crippen LogP contribution in [0.3, 0.4) is 0 Å². The lowest BCUT2D eigenvalue weighted by Crippen LogP contribution is -2.13. The Balaban J connectivity index is 1.85. The van der Waals surface area contributed by atoms with Gasteiger partial charge < -0.3 is 10.1 Å². The Kier molecular flexibility index (Phi) is 3.50. The second-order valence-electron chi connectivity index (χ2n) is 4.88. The number of carbonyl (C=O) groups excluding carboxylic acids is 1. The first-order valence-corrected chi connectivity index (χ1v) is 8.06. The lowest BCUT2D eigenvalue weighted by Gasteiger charge is -2.10. The minimum atomic E-state index is -3.69. The van der Waals surface area contributed by atoms with Crippen LogP contribution in [0.1, 0.15) is 5.56 Å². The molecular weight excluding hydrogens is 304 g/mol. The fraction of sp³-hybridized carbons (Fsp3) is 0.133. The lowest BCUT2D eigenvalue weighted by molar-refractivity contribution is -0.115. The number of anilines is 2. The van der Waals surface area contributed by atoms with E-state index < -0.39 is 10.0 Å². The van der Waals surface area contributed by atoms with E-state index in [1.54, 1.807) is 30.3 Å². The average Bonchev–Trinajstić information content (AvgIpc) is 2.86. The molecule has 6 nitrogen and oxygen atoms in total. The SMILES string of the molecule is COc1ccc(S(=O)(=O)Nc2ccc3c(c2)NC(=O)C3)cc1. The molecule has 1 aliphatic heterocycles. The summed E-state index contributed by atoms with van der Waals surface area (Å²) in [6.07, 6.45) is 0.320. The quantitative estimate of drug-likeness (QED) is 0.903. The molecule has 1 aliphatic rings. The standard InChI is InChI=1S/C15H14N2O4S/c1-21-12-4-6-13(7-5-12)22(19,20)17-11-3-2-10-8-15(18)16-14(10)9-11/h2-7,9,17H,8H2,1H3,(H,16,18). The maximum absolute atomic E-state index is 12.3. The van der Waals surface area contributed by atoms with Crippen molar-refractivity contribution in [1.82, 2.24) is 0 Å². The van der Waals surface area contributed by atoms with Gasteiger partial charge in [-0.3, -0.25) is 9.52 Å². The number of hydrogen-bond acceptors (Lipinski definition) is 4. The minimum Gasteiger partial charge on any atom is -0.497 e. The van der Waals surface area contributed by atoms with Gasteiger partial charge in [0.05, 0.1) is 24.1 Å². The largest absolute Gasteiger partial charge is 0.497 e. The van der Waals surface area contributed by atoms with Crippen LogP contribution in [-0.4, -0.2) is 21.4 Å². The highest BCUT2D eigenvalue weighted by atomic mass is 32.2. The summed E-state index contributed by atoms with van der Waals surface area (Å²) in [4.78, 5) is 11.5. The average molecular weight is 318 g/mol. The van der Waals surface area contributed by atoms with Gasteiger partial charge in [0, 0.05) is 5.69 Å². The van der Waals surface area contributed by atoms with Gasteiger partial charge in [0.1, 0.15) is 5.75 Å². The zero-order valence-electron chi connectivity index (χ0n) is 11.8. The van der Waals surface area contributed by atoms with E-state index in [2.05, 4.69) is 10.0 Å². The van der Waals surface area contributed by atoms with Crippen molar-refractivity contribution < 1.29 is 17.9 Å². The van der Waals surface area contributed by atoms with Gasteiger partial charge in [0.15, 0.2) is 0 Å². The van der Waals surface area contributed by atoms with E-state index in [9.17, 15) is 13.2 Å². The Morgan fingerprint density at radius 3 is 2.55 bits per heavy atom. The Bertz CT molecular complexity index is 829. The van der Waals surface area contributed by atoms with Gasteiger partial charge >= 0.3 is 0 Å². The van der Waals surface area contributed by atoms with Crippen molar-refractivity contribution in [2.75, 3.05) is 17.1 Å². The summed E-state index contributed by atoms with van der Waals surface area (Å²) in [6.45, 7) is 0. The van der Waals surface area contributed by atoms with Crippen LogP contribution in [0.25, 0.3) is 0 Å². The molecule has 114 valence electrons. The zero-order chi connectivity index (χ0) is 15.7. The molecule has 2 aromatic carbocycles. The van der Waals surface area contributed by atoms with Crippen molar-refractivity contribution in [3.05, 3.63) is 48.0 Å². The highest BCUT2D eigenvalue weighted by Gasteiger charge is 2.19. The van der Waals surface area contributed by atoms with Crippen molar-refractivity contribution in [3.63, 3.8) is 0 Å². The minimum absolute atomic E-state index is 0.0924. The molecule has 1 heterocycles. The molecular formula is C15H14N2O4S. The maximum Gasteiger partial charge on any atom is 0.261 e. The Hall–Kier alpha value is -2.54. The van der Waals surface area contributed by atoms with E-state index in [4.69, 9.17) is 4.74 Å². The molecule has 2 aromatic rings. The number of methoxy groups -OCH3 is 1. The molecule has 2 N–H and O–H groups in total. The number of benzene rings is 2. The highest BCUT2D eigenvalue weighted by Crippen LogP contribution is 2.27. The van der Waals surface area contributed by atoms with Crippen LogP contribution in [-0.2, 0) is 21.2 Å². The summed E-state index contributed by atoms with van der Waals surface area (Å²) in [6, 6.07) is 11.1. The summed E-state index contributed by atoms with van der Waals surface area (Å²) in [5.74, 6) is 0.490. The van der Waals surface area contributed by atoms with Gasteiger partial charge in [-0.2, -0.15) is 0 Å². The number of hydrogen-bond donors (Lipinski definition) is 2. The van der Waals surface area contributed by atoms with Crippen LogP contribution < -0.4 is 14.8 Å². The fourth-order valence-corrected chi connectivity index (χ4v) is 3.30. The summed E-state index contributed by atoms with van der Waals surface area (Å²) >= 11 is 0. The molecule has 0 fully saturated rings. The third-order valence-corrected chi connectivity index (χ3v) is 4.75. The second-order valence-corrected chi connectivity index (χ2v) is 6.56. The predicted molar refractivity (Wildman–Crippen MR) is 82.6 cm³/mol. The molecule has 1 amide bonds. The van der Waals surface area contributed by atoms with Crippen molar-refractivity contribution in [1.29, 1.82) is 0 Å². The first-order chi connectivity index (χ1) is 10.5. The van der Waals surface area contributed by atoms with Crippen LogP contribution >= 0.6 is 0 Å². The van der Waals surface area contributed by atoms with Gasteiger partial charge in [-0.05, 0) is 42.0 Å². The first-order valence-electron chi connectivity index (χ1n) is 6.57. The molecule has 0 radical (unpaired) electrons. The number of carbonyl (C=O) groups is 1. The zero-order valence-corrected chi connectivity index (χ0v) is 12.6. The number of sulfonamides is 1. The maximum atomic E-state index is 12.3. The summed E-state index contributed by atoms with van der Waals surface area (Å²) in [7, 11) is -2.17. The molecule has 7 heteroatoms. The number of ether oxygens (including phenoxy) is 1. The van der Waals surface area contributed by atoms with E-state index in [1.807, 2.05) is 0 Å². The van der Waals surface area contributed by atoms with Gasteiger partial charge in [-0.25, -0.2) is 8.42 Å². The molecule has 0 aromatic heterocycles. The summed E-state index contributed by atoms with van der Waals surface area (Å²) in [5.41, 5.74) is 1.90. The monoisotopic (exact) mass is 318 g/mol. The van der Waals surface area contributed by atoms with Crippen LogP contribution in [0, 0.1) is 0 Å². The smallest absolute Gasteiger partial charge is 0.261 e. The molecule has 0 unspecified atom stereocenters. The van der Waals surface area contributed by atoms with E-state index in [1.165, 1.54) is 19.2 Å². The van der Waals surface area contributed by atoms with Crippen LogP contribution in [0.5, 0.6) is 5.75 Å². The van der Waals surface area contributed by atoms with E-state index in [0.717, 1.165) is 5.56 Å². The molecule has 0 aliphatic carbocycles. The highest BCUT2D eigenvalue weighted by molar-refractivity contribution is 7.92. The molecule has 0 spiro atoms. The Morgan fingerprint density at radius 1 is 1.14 bits per heavy atom. The third kappa shape index (κ3) is 2.75. The topological polar surface area (TPSA) is 84.5 Å². The van der Waals surface area contributed by atoms with E-state index in [-0.39, 0.29) is 10.8 Å². The first kappa shape index (κ1) is 14.4. The van der Waals surface area contributed by atoms with Crippen LogP contribution in [0.4, 0.5) is 11.4 Å². The molecule has 0 bridgehead atoms. The van der Waals surface area contributed by atoms with Crippen molar-refractivity contribution >= 4 is 27.3 Å². The molecule has 22 heavy (non-hydrogen) atoms. The molecule has 0 atom stereocenters. The normalized spacial score (nSPS) is 13.4. The van der Waals surface area contributed by atoms with E-state index in [0.29, 0.717) is 23.5 Å². The van der Waals surface area contributed by atoms with Gasteiger partial charge in [0.25, 0.3) is 10.0 Å². The van der Waals surface area contributed by atoms with E-state index >= 15 is 0 Å². The van der Waals surface area contributed by atoms with Crippen molar-refractivity contribution in [2.24, 2.45) is 0 Å².